The normalized spacial score (nSPS) is 11.7. The van der Waals surface area contributed by atoms with Gasteiger partial charge in [-0.1, -0.05) is 31.5 Å². The maximum atomic E-state index is 12.2. The molecule has 6 heteroatoms. The summed E-state index contributed by atoms with van der Waals surface area (Å²) in [4.78, 5) is 4.09. The summed E-state index contributed by atoms with van der Waals surface area (Å²) in [7, 11) is 0. The van der Waals surface area contributed by atoms with Crippen molar-refractivity contribution in [3.05, 3.63) is 29.8 Å². The van der Waals surface area contributed by atoms with E-state index in [9.17, 15) is 8.78 Å². The topological polar surface area (TPSA) is 59.6 Å². The molecular formula is C13H19F2N3O. The largest absolute Gasteiger partial charge is 0.434 e. The number of alkyl halides is 2. The third-order valence-corrected chi connectivity index (χ3v) is 2.44. The molecule has 1 rings (SSSR count). The first-order chi connectivity index (χ1) is 9.13. The summed E-state index contributed by atoms with van der Waals surface area (Å²) in [6.07, 6.45) is 2.06. The van der Waals surface area contributed by atoms with Gasteiger partial charge >= 0.3 is 6.61 Å². The highest BCUT2D eigenvalue weighted by Crippen LogP contribution is 2.20. The maximum absolute atomic E-state index is 12.2. The highest BCUT2D eigenvalue weighted by Gasteiger charge is 2.08. The van der Waals surface area contributed by atoms with Gasteiger partial charge in [0, 0.05) is 12.1 Å². The summed E-state index contributed by atoms with van der Waals surface area (Å²) in [6, 6.07) is 6.54. The molecule has 106 valence electrons. The highest BCUT2D eigenvalue weighted by molar-refractivity contribution is 5.77. The molecule has 0 spiro atoms. The van der Waals surface area contributed by atoms with E-state index in [2.05, 4.69) is 22.0 Å². The number of unbranched alkanes of at least 4 members (excludes halogenated alkanes) is 1. The van der Waals surface area contributed by atoms with Crippen LogP contribution in [0.3, 0.4) is 0 Å². The molecule has 0 saturated carbocycles. The summed E-state index contributed by atoms with van der Waals surface area (Å²) in [5, 5.41) is 2.95. The van der Waals surface area contributed by atoms with Crippen LogP contribution >= 0.6 is 0 Å². The van der Waals surface area contributed by atoms with Gasteiger partial charge in [0.1, 0.15) is 5.75 Å². The molecule has 3 N–H and O–H groups in total. The minimum Gasteiger partial charge on any atom is -0.434 e. The van der Waals surface area contributed by atoms with Crippen LogP contribution in [0.2, 0.25) is 0 Å². The molecule has 0 heterocycles. The Labute approximate surface area is 111 Å². The van der Waals surface area contributed by atoms with Crippen LogP contribution in [-0.4, -0.2) is 19.1 Å². The lowest BCUT2D eigenvalue weighted by molar-refractivity contribution is -0.0504. The summed E-state index contributed by atoms with van der Waals surface area (Å²) < 4.78 is 28.8. The monoisotopic (exact) mass is 271 g/mol. The highest BCUT2D eigenvalue weighted by atomic mass is 19.3. The van der Waals surface area contributed by atoms with Gasteiger partial charge in [-0.25, -0.2) is 4.99 Å². The Bertz CT molecular complexity index is 411. The fraction of sp³-hybridized carbons (Fsp3) is 0.462. The molecule has 0 amide bonds. The zero-order chi connectivity index (χ0) is 14.1. The van der Waals surface area contributed by atoms with Crippen molar-refractivity contribution in [2.75, 3.05) is 6.54 Å². The SMILES string of the molecule is CCCCNC(N)=NCc1ccccc1OC(F)F. The van der Waals surface area contributed by atoms with Gasteiger partial charge in [-0.3, -0.25) is 0 Å². The summed E-state index contributed by atoms with van der Waals surface area (Å²) in [6.45, 7) is 0.187. The number of nitrogens with one attached hydrogen (secondary N) is 1. The van der Waals surface area contributed by atoms with Crippen LogP contribution in [0.4, 0.5) is 8.78 Å². The summed E-state index contributed by atoms with van der Waals surface area (Å²) in [5.41, 5.74) is 6.24. The third kappa shape index (κ3) is 6.03. The molecule has 0 aromatic heterocycles. The molecule has 19 heavy (non-hydrogen) atoms. The van der Waals surface area contributed by atoms with Crippen molar-refractivity contribution in [1.29, 1.82) is 0 Å². The van der Waals surface area contributed by atoms with E-state index < -0.39 is 6.61 Å². The molecule has 1 aromatic rings. The van der Waals surface area contributed by atoms with Crippen LogP contribution in [-0.2, 0) is 6.54 Å². The summed E-state index contributed by atoms with van der Waals surface area (Å²) >= 11 is 0. The second kappa shape index (κ2) is 8.29. The van der Waals surface area contributed by atoms with E-state index in [0.29, 0.717) is 11.5 Å². The van der Waals surface area contributed by atoms with E-state index >= 15 is 0 Å². The molecule has 0 saturated heterocycles. The van der Waals surface area contributed by atoms with E-state index in [-0.39, 0.29) is 12.3 Å². The molecule has 0 aliphatic heterocycles. The quantitative estimate of drug-likeness (QED) is 0.455. The number of benzene rings is 1. The van der Waals surface area contributed by atoms with Crippen LogP contribution in [0.5, 0.6) is 5.75 Å². The number of halogens is 2. The van der Waals surface area contributed by atoms with Gasteiger partial charge in [-0.15, -0.1) is 0 Å². The van der Waals surface area contributed by atoms with Crippen LogP contribution in [0, 0.1) is 0 Å². The lowest BCUT2D eigenvalue weighted by atomic mass is 10.2. The van der Waals surface area contributed by atoms with Crippen molar-refractivity contribution in [2.24, 2.45) is 10.7 Å². The number of rotatable bonds is 7. The van der Waals surface area contributed by atoms with Gasteiger partial charge in [-0.05, 0) is 12.5 Å². The van der Waals surface area contributed by atoms with Crippen LogP contribution in [0.15, 0.2) is 29.3 Å². The number of nitrogens with two attached hydrogens (primary N) is 1. The molecular weight excluding hydrogens is 252 g/mol. The second-order valence-electron chi connectivity index (χ2n) is 3.97. The number of hydrogen-bond acceptors (Lipinski definition) is 2. The zero-order valence-electron chi connectivity index (χ0n) is 10.9. The molecule has 0 atom stereocenters. The molecule has 0 radical (unpaired) electrons. The van der Waals surface area contributed by atoms with Gasteiger partial charge < -0.3 is 15.8 Å². The minimum atomic E-state index is -2.84. The number of ether oxygens (including phenoxy) is 1. The Morgan fingerprint density at radius 2 is 2.16 bits per heavy atom. The van der Waals surface area contributed by atoms with Crippen LogP contribution < -0.4 is 15.8 Å². The van der Waals surface area contributed by atoms with Crippen molar-refractivity contribution in [3.63, 3.8) is 0 Å². The van der Waals surface area contributed by atoms with E-state index in [1.807, 2.05) is 0 Å². The molecule has 1 aromatic carbocycles. The smallest absolute Gasteiger partial charge is 0.387 e. The summed E-state index contributed by atoms with van der Waals surface area (Å²) in [5.74, 6) is 0.433. The van der Waals surface area contributed by atoms with E-state index in [4.69, 9.17) is 5.73 Å². The number of guanidine groups is 1. The molecule has 0 aliphatic carbocycles. The lowest BCUT2D eigenvalue weighted by Crippen LogP contribution is -2.32. The predicted molar refractivity (Wildman–Crippen MR) is 71.3 cm³/mol. The molecule has 0 aliphatic rings. The van der Waals surface area contributed by atoms with Gasteiger partial charge in [0.25, 0.3) is 0 Å². The van der Waals surface area contributed by atoms with Crippen molar-refractivity contribution in [2.45, 2.75) is 32.9 Å². The number of hydrogen-bond donors (Lipinski definition) is 2. The third-order valence-electron chi connectivity index (χ3n) is 2.44. The molecule has 0 bridgehead atoms. The molecule has 0 fully saturated rings. The van der Waals surface area contributed by atoms with Gasteiger partial charge in [0.05, 0.1) is 6.54 Å². The Kier molecular flexibility index (Phi) is 6.63. The van der Waals surface area contributed by atoms with E-state index in [1.165, 1.54) is 6.07 Å². The van der Waals surface area contributed by atoms with E-state index in [1.54, 1.807) is 18.2 Å². The average molecular weight is 271 g/mol. The Balaban J connectivity index is 2.58. The van der Waals surface area contributed by atoms with Crippen LogP contribution in [0.1, 0.15) is 25.3 Å². The first-order valence-electron chi connectivity index (χ1n) is 6.20. The average Bonchev–Trinajstić information content (AvgIpc) is 2.37. The Morgan fingerprint density at radius 1 is 1.42 bits per heavy atom. The maximum Gasteiger partial charge on any atom is 0.387 e. The fourth-order valence-corrected chi connectivity index (χ4v) is 1.46. The predicted octanol–water partition coefficient (Wildman–Crippen LogP) is 2.49. The fourth-order valence-electron chi connectivity index (χ4n) is 1.46. The standard InChI is InChI=1S/C13H19F2N3O/c1-2-3-8-17-13(16)18-9-10-6-4-5-7-11(10)19-12(14)15/h4-7,12H,2-3,8-9H2,1H3,(H3,16,17,18). The van der Waals surface area contributed by atoms with Gasteiger partial charge in [-0.2, -0.15) is 8.78 Å². The van der Waals surface area contributed by atoms with Crippen molar-refractivity contribution in [1.82, 2.24) is 5.32 Å². The van der Waals surface area contributed by atoms with Crippen molar-refractivity contribution < 1.29 is 13.5 Å². The van der Waals surface area contributed by atoms with E-state index in [0.717, 1.165) is 19.4 Å². The first-order valence-corrected chi connectivity index (χ1v) is 6.20. The number of nitrogens with zero attached hydrogens (tertiary/aromatic N) is 1. The second-order valence-corrected chi connectivity index (χ2v) is 3.97. The van der Waals surface area contributed by atoms with Crippen LogP contribution in [0.25, 0.3) is 0 Å². The van der Waals surface area contributed by atoms with Gasteiger partial charge in [0.15, 0.2) is 5.96 Å². The van der Waals surface area contributed by atoms with Crippen molar-refractivity contribution >= 4 is 5.96 Å². The lowest BCUT2D eigenvalue weighted by Gasteiger charge is -2.09. The first kappa shape index (κ1) is 15.2. The number of para-hydroxylation sites is 1. The zero-order valence-corrected chi connectivity index (χ0v) is 10.9. The van der Waals surface area contributed by atoms with Gasteiger partial charge in [0.2, 0.25) is 0 Å². The molecule has 4 nitrogen and oxygen atoms in total. The minimum absolute atomic E-state index is 0.127. The Morgan fingerprint density at radius 3 is 2.84 bits per heavy atom. The Hall–Kier alpha value is -1.85. The van der Waals surface area contributed by atoms with Crippen molar-refractivity contribution in [3.8, 4) is 5.75 Å². The molecule has 0 unspecified atom stereocenters. The number of aliphatic imine (C=N–C) groups is 1.